The van der Waals surface area contributed by atoms with Gasteiger partial charge in [-0.15, -0.1) is 0 Å². The SMILES string of the molecule is CCCCCn1cc(OC(=O)CCCC)c2c1nc(CCCC)n1c3ccccc3nc21. The lowest BCUT2D eigenvalue weighted by Gasteiger charge is -2.09. The third kappa shape index (κ3) is 4.36. The van der Waals surface area contributed by atoms with Crippen LogP contribution >= 0.6 is 0 Å². The van der Waals surface area contributed by atoms with Crippen LogP contribution < -0.4 is 4.74 Å². The van der Waals surface area contributed by atoms with Crippen LogP contribution in [0.25, 0.3) is 27.7 Å². The Morgan fingerprint density at radius 3 is 2.50 bits per heavy atom. The summed E-state index contributed by atoms with van der Waals surface area (Å²) in [5.41, 5.74) is 3.68. The summed E-state index contributed by atoms with van der Waals surface area (Å²) < 4.78 is 10.2. The minimum Gasteiger partial charge on any atom is -0.424 e. The van der Waals surface area contributed by atoms with E-state index in [-0.39, 0.29) is 5.97 Å². The smallest absolute Gasteiger partial charge is 0.311 e. The Kier molecular flexibility index (Phi) is 7.08. The molecule has 4 aromatic rings. The van der Waals surface area contributed by atoms with Gasteiger partial charge in [0.15, 0.2) is 11.4 Å². The van der Waals surface area contributed by atoms with Gasteiger partial charge in [-0.3, -0.25) is 9.20 Å². The first-order chi connectivity index (χ1) is 15.7. The van der Waals surface area contributed by atoms with Gasteiger partial charge < -0.3 is 9.30 Å². The van der Waals surface area contributed by atoms with Gasteiger partial charge in [0.1, 0.15) is 16.9 Å². The van der Waals surface area contributed by atoms with E-state index < -0.39 is 0 Å². The topological polar surface area (TPSA) is 61.4 Å². The minimum absolute atomic E-state index is 0.191. The molecule has 3 heterocycles. The fourth-order valence-corrected chi connectivity index (χ4v) is 4.26. The number of aryl methyl sites for hydroxylation is 2. The van der Waals surface area contributed by atoms with Crippen molar-refractivity contribution in [3.8, 4) is 5.75 Å². The average Bonchev–Trinajstić information content (AvgIpc) is 3.34. The molecule has 0 radical (unpaired) electrons. The maximum Gasteiger partial charge on any atom is 0.311 e. The van der Waals surface area contributed by atoms with E-state index in [0.29, 0.717) is 12.2 Å². The molecule has 3 aromatic heterocycles. The monoisotopic (exact) mass is 434 g/mol. The lowest BCUT2D eigenvalue weighted by Crippen LogP contribution is -2.07. The number of hydrogen-bond donors (Lipinski definition) is 0. The van der Waals surface area contributed by atoms with Crippen molar-refractivity contribution in [1.29, 1.82) is 0 Å². The Hall–Kier alpha value is -2.89. The van der Waals surface area contributed by atoms with E-state index >= 15 is 0 Å². The number of nitrogens with zero attached hydrogens (tertiary/aromatic N) is 4. The van der Waals surface area contributed by atoms with Crippen LogP contribution in [0.4, 0.5) is 0 Å². The van der Waals surface area contributed by atoms with Gasteiger partial charge in [0.05, 0.1) is 11.0 Å². The molecule has 0 amide bonds. The van der Waals surface area contributed by atoms with Crippen molar-refractivity contribution >= 4 is 33.7 Å². The number of fused-ring (bicyclic) bond motifs is 5. The Morgan fingerprint density at radius 2 is 1.72 bits per heavy atom. The standard InChI is InChI=1S/C26H34N4O2/c1-4-7-12-17-29-18-21(32-23(31)16-9-6-3)24-25(29)28-22(15-8-5-2)30-20-14-11-10-13-19(20)27-26(24)30/h10-11,13-14,18H,4-9,12,15-17H2,1-3H3. The number of carbonyl (C=O) groups is 1. The molecule has 0 unspecified atom stereocenters. The highest BCUT2D eigenvalue weighted by molar-refractivity contribution is 6.00. The third-order valence-corrected chi connectivity index (χ3v) is 6.01. The fraction of sp³-hybridized carbons (Fsp3) is 0.500. The van der Waals surface area contributed by atoms with Crippen LogP contribution in [0.3, 0.4) is 0 Å². The average molecular weight is 435 g/mol. The van der Waals surface area contributed by atoms with Crippen LogP contribution in [0.1, 0.15) is 78.0 Å². The molecular formula is C26H34N4O2. The number of carbonyl (C=O) groups excluding carboxylic acids is 1. The molecule has 0 saturated carbocycles. The van der Waals surface area contributed by atoms with Crippen LogP contribution in [0.5, 0.6) is 5.75 Å². The quantitative estimate of drug-likeness (QED) is 0.201. The highest BCUT2D eigenvalue weighted by Crippen LogP contribution is 2.34. The van der Waals surface area contributed by atoms with Gasteiger partial charge in [-0.1, -0.05) is 58.6 Å². The second-order valence-electron chi connectivity index (χ2n) is 8.56. The molecule has 0 atom stereocenters. The number of rotatable bonds is 11. The molecule has 32 heavy (non-hydrogen) atoms. The highest BCUT2D eigenvalue weighted by atomic mass is 16.5. The number of benzene rings is 1. The highest BCUT2D eigenvalue weighted by Gasteiger charge is 2.22. The maximum atomic E-state index is 12.5. The summed E-state index contributed by atoms with van der Waals surface area (Å²) in [5.74, 6) is 1.40. The molecule has 0 aliphatic carbocycles. The van der Waals surface area contributed by atoms with Crippen LogP contribution in [0.2, 0.25) is 0 Å². The fourth-order valence-electron chi connectivity index (χ4n) is 4.26. The first kappa shape index (κ1) is 22.3. The second-order valence-corrected chi connectivity index (χ2v) is 8.56. The first-order valence-corrected chi connectivity index (χ1v) is 12.2. The van der Waals surface area contributed by atoms with Crippen molar-refractivity contribution in [2.75, 3.05) is 0 Å². The number of ether oxygens (including phenoxy) is 1. The molecule has 0 spiro atoms. The Balaban J connectivity index is 1.93. The zero-order chi connectivity index (χ0) is 22.5. The molecular weight excluding hydrogens is 400 g/mol. The summed E-state index contributed by atoms with van der Waals surface area (Å²) in [4.78, 5) is 22.6. The van der Waals surface area contributed by atoms with E-state index in [0.717, 1.165) is 91.4 Å². The molecule has 4 rings (SSSR count). The largest absolute Gasteiger partial charge is 0.424 e. The minimum atomic E-state index is -0.191. The van der Waals surface area contributed by atoms with Gasteiger partial charge >= 0.3 is 5.97 Å². The normalized spacial score (nSPS) is 11.7. The maximum absolute atomic E-state index is 12.5. The number of para-hydroxylation sites is 2. The number of hydrogen-bond acceptors (Lipinski definition) is 4. The first-order valence-electron chi connectivity index (χ1n) is 12.2. The van der Waals surface area contributed by atoms with Crippen molar-refractivity contribution < 1.29 is 9.53 Å². The summed E-state index contributed by atoms with van der Waals surface area (Å²) >= 11 is 0. The molecule has 0 aliphatic heterocycles. The summed E-state index contributed by atoms with van der Waals surface area (Å²) in [5, 5.41) is 0.836. The van der Waals surface area contributed by atoms with Gasteiger partial charge in [0.25, 0.3) is 0 Å². The molecule has 0 fully saturated rings. The number of aromatic nitrogens is 4. The number of esters is 1. The summed E-state index contributed by atoms with van der Waals surface area (Å²) in [6.07, 6.45) is 10.6. The van der Waals surface area contributed by atoms with Crippen molar-refractivity contribution in [3.05, 3.63) is 36.3 Å². The van der Waals surface area contributed by atoms with Gasteiger partial charge in [-0.05, 0) is 31.4 Å². The van der Waals surface area contributed by atoms with Gasteiger partial charge in [0.2, 0.25) is 0 Å². The predicted molar refractivity (Wildman–Crippen MR) is 129 cm³/mol. The Morgan fingerprint density at radius 1 is 0.938 bits per heavy atom. The molecule has 0 aliphatic rings. The van der Waals surface area contributed by atoms with E-state index in [1.165, 1.54) is 0 Å². The molecule has 0 bridgehead atoms. The zero-order valence-corrected chi connectivity index (χ0v) is 19.6. The predicted octanol–water partition coefficient (Wildman–Crippen LogP) is 6.47. The van der Waals surface area contributed by atoms with Crippen molar-refractivity contribution in [3.63, 3.8) is 0 Å². The van der Waals surface area contributed by atoms with E-state index in [1.807, 2.05) is 24.4 Å². The molecule has 6 nitrogen and oxygen atoms in total. The number of imidazole rings is 1. The van der Waals surface area contributed by atoms with Crippen molar-refractivity contribution in [1.82, 2.24) is 18.9 Å². The van der Waals surface area contributed by atoms with E-state index in [1.54, 1.807) is 0 Å². The lowest BCUT2D eigenvalue weighted by molar-refractivity contribution is -0.134. The molecule has 170 valence electrons. The van der Waals surface area contributed by atoms with E-state index in [9.17, 15) is 4.79 Å². The second kappa shape index (κ2) is 10.2. The molecule has 0 N–H and O–H groups in total. The Bertz CT molecular complexity index is 1220. The van der Waals surface area contributed by atoms with E-state index in [2.05, 4.69) is 35.8 Å². The summed E-state index contributed by atoms with van der Waals surface area (Å²) in [6.45, 7) is 7.33. The Labute approximate surface area is 189 Å². The van der Waals surface area contributed by atoms with Crippen LogP contribution in [0, 0.1) is 0 Å². The van der Waals surface area contributed by atoms with Crippen LogP contribution in [-0.4, -0.2) is 24.9 Å². The van der Waals surface area contributed by atoms with Crippen LogP contribution in [0.15, 0.2) is 30.5 Å². The van der Waals surface area contributed by atoms with Gasteiger partial charge in [0, 0.05) is 25.6 Å². The van der Waals surface area contributed by atoms with Gasteiger partial charge in [-0.2, -0.15) is 0 Å². The summed E-state index contributed by atoms with van der Waals surface area (Å²) in [6, 6.07) is 8.16. The third-order valence-electron chi connectivity index (χ3n) is 6.01. The summed E-state index contributed by atoms with van der Waals surface area (Å²) in [7, 11) is 0. The molecule has 6 heteroatoms. The zero-order valence-electron chi connectivity index (χ0n) is 19.6. The lowest BCUT2D eigenvalue weighted by atomic mass is 10.2. The van der Waals surface area contributed by atoms with E-state index in [4.69, 9.17) is 14.7 Å². The number of unbranched alkanes of at least 4 members (excludes halogenated alkanes) is 4. The molecule has 0 saturated heterocycles. The van der Waals surface area contributed by atoms with Crippen molar-refractivity contribution in [2.24, 2.45) is 0 Å². The van der Waals surface area contributed by atoms with Crippen molar-refractivity contribution in [2.45, 2.75) is 85.1 Å². The molecule has 1 aromatic carbocycles. The van der Waals surface area contributed by atoms with Crippen LogP contribution in [-0.2, 0) is 17.8 Å². The van der Waals surface area contributed by atoms with Gasteiger partial charge in [-0.25, -0.2) is 9.97 Å².